The fourth-order valence-electron chi connectivity index (χ4n) is 4.15. The van der Waals surface area contributed by atoms with Gasteiger partial charge >= 0.3 is 0 Å². The molecule has 2 heterocycles. The van der Waals surface area contributed by atoms with Crippen molar-refractivity contribution in [2.24, 2.45) is 4.99 Å². The van der Waals surface area contributed by atoms with E-state index in [1.807, 2.05) is 61.2 Å². The van der Waals surface area contributed by atoms with Crippen molar-refractivity contribution >= 4 is 54.3 Å². The lowest BCUT2D eigenvalue weighted by molar-refractivity contribution is -0.117. The zero-order chi connectivity index (χ0) is 24.3. The second-order valence-corrected chi connectivity index (χ2v) is 12.3. The summed E-state index contributed by atoms with van der Waals surface area (Å²) in [7, 11) is -3.17. The van der Waals surface area contributed by atoms with Crippen molar-refractivity contribution in [1.82, 2.24) is 0 Å². The van der Waals surface area contributed by atoms with Gasteiger partial charge in [0.15, 0.2) is 26.5 Å². The summed E-state index contributed by atoms with van der Waals surface area (Å²) in [6, 6.07) is 13.1. The van der Waals surface area contributed by atoms with Crippen molar-refractivity contribution in [3.8, 4) is 11.5 Å². The first-order chi connectivity index (χ1) is 16.3. The van der Waals surface area contributed by atoms with E-state index in [1.165, 1.54) is 11.8 Å². The number of hydrogen-bond donors (Lipinski definition) is 0. The van der Waals surface area contributed by atoms with Gasteiger partial charge in [0.05, 0.1) is 36.4 Å². The molecule has 34 heavy (non-hydrogen) atoms. The van der Waals surface area contributed by atoms with Gasteiger partial charge in [0.2, 0.25) is 5.91 Å². The molecule has 0 saturated carbocycles. The number of ether oxygens (including phenoxy) is 2. The Morgan fingerprint density at radius 2 is 1.79 bits per heavy atom. The molecule has 2 aromatic rings. The fourth-order valence-corrected chi connectivity index (χ4v) is 8.59. The van der Waals surface area contributed by atoms with Gasteiger partial charge in [-0.1, -0.05) is 42.1 Å². The highest BCUT2D eigenvalue weighted by Crippen LogP contribution is 2.46. The lowest BCUT2D eigenvalue weighted by Crippen LogP contribution is -2.38. The van der Waals surface area contributed by atoms with Crippen LogP contribution in [0.25, 0.3) is 0 Å². The monoisotopic (exact) mass is 566 g/mol. The number of aliphatic imine (C=N–C) groups is 1. The summed E-state index contributed by atoms with van der Waals surface area (Å²) in [5.41, 5.74) is 1.78. The van der Waals surface area contributed by atoms with E-state index in [4.69, 9.17) is 9.47 Å². The van der Waals surface area contributed by atoms with Gasteiger partial charge < -0.3 is 14.4 Å². The van der Waals surface area contributed by atoms with Gasteiger partial charge in [-0.25, -0.2) is 8.42 Å². The molecular weight excluding hydrogens is 540 g/mol. The number of fused-ring (bicyclic) bond motifs is 1. The van der Waals surface area contributed by atoms with Gasteiger partial charge in [-0.05, 0) is 41.8 Å². The Balaban J connectivity index is 1.67. The van der Waals surface area contributed by atoms with Crippen LogP contribution >= 0.6 is 27.7 Å². The lowest BCUT2D eigenvalue weighted by atomic mass is 10.1. The Labute approximate surface area is 213 Å². The minimum absolute atomic E-state index is 0.0194. The van der Waals surface area contributed by atoms with Crippen LogP contribution in [0.15, 0.2) is 51.9 Å². The fraction of sp³-hybridized carbons (Fsp3) is 0.417. The van der Waals surface area contributed by atoms with Gasteiger partial charge in [0.25, 0.3) is 0 Å². The van der Waals surface area contributed by atoms with Gasteiger partial charge in [0.1, 0.15) is 0 Å². The number of amidine groups is 1. The Hall–Kier alpha value is -2.04. The number of benzene rings is 2. The Kier molecular flexibility index (Phi) is 7.89. The van der Waals surface area contributed by atoms with Crippen molar-refractivity contribution in [3.63, 3.8) is 0 Å². The maximum absolute atomic E-state index is 12.8. The lowest BCUT2D eigenvalue weighted by Gasteiger charge is -2.27. The third-order valence-corrected chi connectivity index (χ3v) is 9.47. The molecule has 0 radical (unpaired) electrons. The molecule has 10 heteroatoms. The van der Waals surface area contributed by atoms with Crippen LogP contribution in [-0.4, -0.2) is 55.5 Å². The molecule has 2 aliphatic rings. The molecule has 0 N–H and O–H groups in total. The number of hydrogen-bond acceptors (Lipinski definition) is 6. The second kappa shape index (κ2) is 10.7. The first-order valence-electron chi connectivity index (χ1n) is 11.2. The van der Waals surface area contributed by atoms with Crippen LogP contribution in [0.5, 0.6) is 11.5 Å². The Morgan fingerprint density at radius 1 is 1.12 bits per heavy atom. The van der Waals surface area contributed by atoms with Crippen LogP contribution in [0.1, 0.15) is 25.8 Å². The number of carbonyl (C=O) groups is 1. The third kappa shape index (κ3) is 5.60. The van der Waals surface area contributed by atoms with Crippen LogP contribution in [0, 0.1) is 0 Å². The molecule has 2 atom stereocenters. The molecule has 0 aliphatic carbocycles. The van der Waals surface area contributed by atoms with E-state index in [9.17, 15) is 13.2 Å². The van der Waals surface area contributed by atoms with E-state index in [-0.39, 0.29) is 35.1 Å². The van der Waals surface area contributed by atoms with E-state index < -0.39 is 9.84 Å². The number of amides is 1. The number of anilines is 1. The predicted octanol–water partition coefficient (Wildman–Crippen LogP) is 4.48. The molecule has 2 aliphatic heterocycles. The van der Waals surface area contributed by atoms with Crippen molar-refractivity contribution in [1.29, 1.82) is 0 Å². The zero-order valence-corrected chi connectivity index (χ0v) is 22.3. The predicted molar refractivity (Wildman–Crippen MR) is 140 cm³/mol. The summed E-state index contributed by atoms with van der Waals surface area (Å²) in [5, 5.41) is 0.343. The minimum atomic E-state index is -3.17. The standard InChI is InChI=1S/C24H27BrN2O5S2/c1-3-31-20-12-17(25)18(13-21(20)32-4-2)27-19-14-34(29,30)15-22(19)33-24(27)26-23(28)11-10-16-8-6-5-7-9-16/h5-9,12-13,19,22H,3-4,10-11,14-15H2,1-2H3. The number of nitrogens with zero attached hydrogens (tertiary/aromatic N) is 2. The first-order valence-corrected chi connectivity index (χ1v) is 14.7. The third-order valence-electron chi connectivity index (χ3n) is 5.63. The van der Waals surface area contributed by atoms with Crippen molar-refractivity contribution in [2.75, 3.05) is 29.6 Å². The summed E-state index contributed by atoms with van der Waals surface area (Å²) < 4.78 is 37.0. The average molecular weight is 568 g/mol. The smallest absolute Gasteiger partial charge is 0.248 e. The van der Waals surface area contributed by atoms with Gasteiger partial charge in [-0.2, -0.15) is 4.99 Å². The molecule has 1 amide bonds. The minimum Gasteiger partial charge on any atom is -0.490 e. The molecule has 7 nitrogen and oxygen atoms in total. The van der Waals surface area contributed by atoms with Crippen LogP contribution in [0.4, 0.5) is 5.69 Å². The Morgan fingerprint density at radius 3 is 2.47 bits per heavy atom. The summed E-state index contributed by atoms with van der Waals surface area (Å²) in [6.45, 7) is 4.72. The maximum Gasteiger partial charge on any atom is 0.248 e. The second-order valence-electron chi connectivity index (χ2n) is 8.06. The van der Waals surface area contributed by atoms with E-state index in [2.05, 4.69) is 20.9 Å². The first kappa shape index (κ1) is 25.1. The number of rotatable bonds is 8. The Bertz CT molecular complexity index is 1190. The molecule has 2 unspecified atom stereocenters. The molecule has 0 bridgehead atoms. The molecule has 2 aromatic carbocycles. The topological polar surface area (TPSA) is 85.3 Å². The quantitative estimate of drug-likeness (QED) is 0.465. The maximum atomic E-state index is 12.8. The van der Waals surface area contributed by atoms with E-state index in [0.717, 1.165) is 10.0 Å². The summed E-state index contributed by atoms with van der Waals surface area (Å²) in [5.74, 6) is 1.02. The number of halogens is 1. The summed E-state index contributed by atoms with van der Waals surface area (Å²) >= 11 is 4.98. The average Bonchev–Trinajstić information content (AvgIpc) is 3.26. The normalized spacial score (nSPS) is 22.1. The highest BCUT2D eigenvalue weighted by Gasteiger charge is 2.50. The molecule has 4 rings (SSSR count). The number of thioether (sulfide) groups is 1. The van der Waals surface area contributed by atoms with E-state index >= 15 is 0 Å². The number of carbonyl (C=O) groups excluding carboxylic acids is 1. The number of sulfone groups is 1. The molecule has 182 valence electrons. The van der Waals surface area contributed by atoms with Gasteiger partial charge in [-0.3, -0.25) is 4.79 Å². The van der Waals surface area contributed by atoms with E-state index in [0.29, 0.717) is 42.0 Å². The van der Waals surface area contributed by atoms with Crippen molar-refractivity contribution in [3.05, 3.63) is 52.5 Å². The number of aryl methyl sites for hydroxylation is 1. The largest absolute Gasteiger partial charge is 0.490 e. The van der Waals surface area contributed by atoms with Gasteiger partial charge in [0, 0.05) is 28.3 Å². The van der Waals surface area contributed by atoms with Gasteiger partial charge in [-0.15, -0.1) is 0 Å². The summed E-state index contributed by atoms with van der Waals surface area (Å²) in [6.07, 6.45) is 0.883. The van der Waals surface area contributed by atoms with Crippen molar-refractivity contribution in [2.45, 2.75) is 38.0 Å². The highest BCUT2D eigenvalue weighted by atomic mass is 79.9. The SMILES string of the molecule is CCOc1cc(Br)c(N2C(=NC(=O)CCc3ccccc3)SC3CS(=O)(=O)CC32)cc1OCC. The van der Waals surface area contributed by atoms with Crippen LogP contribution in [-0.2, 0) is 21.1 Å². The highest BCUT2D eigenvalue weighted by molar-refractivity contribution is 9.10. The van der Waals surface area contributed by atoms with E-state index in [1.54, 1.807) is 0 Å². The van der Waals surface area contributed by atoms with Crippen LogP contribution in [0.2, 0.25) is 0 Å². The zero-order valence-electron chi connectivity index (χ0n) is 19.1. The molecule has 0 aromatic heterocycles. The van der Waals surface area contributed by atoms with Crippen LogP contribution < -0.4 is 14.4 Å². The van der Waals surface area contributed by atoms with Crippen molar-refractivity contribution < 1.29 is 22.7 Å². The molecule has 2 fully saturated rings. The van der Waals surface area contributed by atoms with Crippen LogP contribution in [0.3, 0.4) is 0 Å². The summed E-state index contributed by atoms with van der Waals surface area (Å²) in [4.78, 5) is 19.1. The molecular formula is C24H27BrN2O5S2. The molecule has 2 saturated heterocycles. The molecule has 0 spiro atoms.